The summed E-state index contributed by atoms with van der Waals surface area (Å²) < 4.78 is 28.9. The van der Waals surface area contributed by atoms with Crippen LogP contribution < -0.4 is 4.72 Å². The molecule has 1 N–H and O–H groups in total. The second-order valence-corrected chi connectivity index (χ2v) is 6.68. The number of aryl methyl sites for hydroxylation is 1. The zero-order valence-electron chi connectivity index (χ0n) is 12.6. The lowest BCUT2D eigenvalue weighted by atomic mass is 10.2. The van der Waals surface area contributed by atoms with Gasteiger partial charge in [0, 0.05) is 5.69 Å². The maximum absolute atomic E-state index is 12.4. The zero-order valence-corrected chi connectivity index (χ0v) is 13.4. The number of aromatic nitrogens is 4. The van der Waals surface area contributed by atoms with Gasteiger partial charge in [-0.1, -0.05) is 6.07 Å². The molecule has 2 aromatic carbocycles. The molecule has 0 fully saturated rings. The molecule has 120 valence electrons. The number of anilines is 1. The van der Waals surface area contributed by atoms with Gasteiger partial charge in [0.2, 0.25) is 0 Å². The van der Waals surface area contributed by atoms with Gasteiger partial charge in [-0.15, -0.1) is 5.10 Å². The maximum Gasteiger partial charge on any atom is 0.261 e. The van der Waals surface area contributed by atoms with Crippen LogP contribution in [0.25, 0.3) is 5.69 Å². The normalized spacial score (nSPS) is 11.0. The van der Waals surface area contributed by atoms with Crippen LogP contribution in [0.5, 0.6) is 0 Å². The predicted molar refractivity (Wildman–Crippen MR) is 85.9 cm³/mol. The minimum Gasteiger partial charge on any atom is -0.280 e. The quantitative estimate of drug-likeness (QED) is 0.772. The number of tetrazole rings is 1. The van der Waals surface area contributed by atoms with Gasteiger partial charge in [0.25, 0.3) is 10.0 Å². The van der Waals surface area contributed by atoms with Gasteiger partial charge in [0.05, 0.1) is 22.2 Å². The van der Waals surface area contributed by atoms with E-state index in [1.54, 1.807) is 24.3 Å². The summed E-state index contributed by atoms with van der Waals surface area (Å²) in [6, 6.07) is 12.8. The number of hydrogen-bond acceptors (Lipinski definition) is 6. The molecule has 1 heterocycles. The number of nitriles is 1. The van der Waals surface area contributed by atoms with Gasteiger partial charge in [-0.05, 0) is 59.3 Å². The summed E-state index contributed by atoms with van der Waals surface area (Å²) in [6.07, 6.45) is 1.46. The van der Waals surface area contributed by atoms with Crippen molar-refractivity contribution in [3.8, 4) is 11.8 Å². The summed E-state index contributed by atoms with van der Waals surface area (Å²) in [4.78, 5) is 0.0313. The van der Waals surface area contributed by atoms with E-state index in [9.17, 15) is 8.42 Å². The average molecular weight is 340 g/mol. The molecular formula is C15H12N6O2S. The molecule has 9 heteroatoms. The molecule has 24 heavy (non-hydrogen) atoms. The maximum atomic E-state index is 12.4. The van der Waals surface area contributed by atoms with Gasteiger partial charge >= 0.3 is 0 Å². The SMILES string of the molecule is Cc1cc(NS(=O)(=O)c2cccc(C#N)c2)ccc1-n1cnnn1. The number of rotatable bonds is 4. The number of benzene rings is 2. The van der Waals surface area contributed by atoms with Crippen LogP contribution in [0.2, 0.25) is 0 Å². The van der Waals surface area contributed by atoms with E-state index in [-0.39, 0.29) is 10.5 Å². The van der Waals surface area contributed by atoms with Crippen LogP contribution in [0.3, 0.4) is 0 Å². The molecule has 0 aliphatic heterocycles. The third-order valence-electron chi connectivity index (χ3n) is 3.32. The Morgan fingerprint density at radius 1 is 1.21 bits per heavy atom. The average Bonchev–Trinajstić information content (AvgIpc) is 3.09. The molecule has 0 bridgehead atoms. The van der Waals surface area contributed by atoms with Crippen LogP contribution in [-0.2, 0) is 10.0 Å². The molecule has 0 radical (unpaired) electrons. The molecule has 0 spiro atoms. The monoisotopic (exact) mass is 340 g/mol. The van der Waals surface area contributed by atoms with Gasteiger partial charge < -0.3 is 0 Å². The summed E-state index contributed by atoms with van der Waals surface area (Å²) in [5.41, 5.74) is 2.23. The molecule has 0 amide bonds. The Morgan fingerprint density at radius 2 is 2.04 bits per heavy atom. The first-order valence-corrected chi connectivity index (χ1v) is 8.35. The molecule has 1 aromatic heterocycles. The third-order valence-corrected chi connectivity index (χ3v) is 4.70. The minimum atomic E-state index is -3.78. The van der Waals surface area contributed by atoms with E-state index >= 15 is 0 Å². The molecule has 0 aliphatic rings. The molecule has 3 aromatic rings. The molecule has 8 nitrogen and oxygen atoms in total. The fourth-order valence-electron chi connectivity index (χ4n) is 2.19. The van der Waals surface area contributed by atoms with E-state index in [0.717, 1.165) is 11.3 Å². The fraction of sp³-hybridized carbons (Fsp3) is 0.0667. The first kappa shape index (κ1) is 15.6. The van der Waals surface area contributed by atoms with Crippen LogP contribution in [0.1, 0.15) is 11.1 Å². The van der Waals surface area contributed by atoms with Gasteiger partial charge in [0.15, 0.2) is 0 Å². The Bertz CT molecular complexity index is 1020. The smallest absolute Gasteiger partial charge is 0.261 e. The van der Waals surface area contributed by atoms with E-state index in [4.69, 9.17) is 5.26 Å². The van der Waals surface area contributed by atoms with Crippen molar-refractivity contribution in [2.24, 2.45) is 0 Å². The zero-order chi connectivity index (χ0) is 17.2. The Kier molecular flexibility index (Phi) is 3.97. The lowest BCUT2D eigenvalue weighted by Crippen LogP contribution is -2.13. The van der Waals surface area contributed by atoms with Crippen molar-refractivity contribution >= 4 is 15.7 Å². The first-order chi connectivity index (χ1) is 11.5. The van der Waals surface area contributed by atoms with Crippen LogP contribution >= 0.6 is 0 Å². The molecule has 0 aliphatic carbocycles. The molecular weight excluding hydrogens is 328 g/mol. The van der Waals surface area contributed by atoms with Crippen molar-refractivity contribution in [3.63, 3.8) is 0 Å². The Labute approximate surface area is 138 Å². The number of hydrogen-bond donors (Lipinski definition) is 1. The van der Waals surface area contributed by atoms with Crippen molar-refractivity contribution < 1.29 is 8.42 Å². The number of nitrogens with one attached hydrogen (secondary N) is 1. The fourth-order valence-corrected chi connectivity index (χ4v) is 3.29. The van der Waals surface area contributed by atoms with Crippen molar-refractivity contribution in [3.05, 3.63) is 59.9 Å². The van der Waals surface area contributed by atoms with Gasteiger partial charge in [-0.2, -0.15) is 5.26 Å². The summed E-state index contributed by atoms with van der Waals surface area (Å²) in [6.45, 7) is 1.82. The number of nitrogens with zero attached hydrogens (tertiary/aromatic N) is 5. The summed E-state index contributed by atoms with van der Waals surface area (Å²) in [5, 5.41) is 19.8. The summed E-state index contributed by atoms with van der Waals surface area (Å²) in [7, 11) is -3.78. The van der Waals surface area contributed by atoms with Gasteiger partial charge in [0.1, 0.15) is 6.33 Å². The largest absolute Gasteiger partial charge is 0.280 e. The number of sulfonamides is 1. The molecule has 3 rings (SSSR count). The van der Waals surface area contributed by atoms with Crippen molar-refractivity contribution in [1.82, 2.24) is 20.2 Å². The predicted octanol–water partition coefficient (Wildman–Crippen LogP) is 1.64. The molecule has 0 saturated heterocycles. The van der Waals surface area contributed by atoms with Crippen molar-refractivity contribution in [2.45, 2.75) is 11.8 Å². The van der Waals surface area contributed by atoms with Gasteiger partial charge in [-0.3, -0.25) is 4.72 Å². The van der Waals surface area contributed by atoms with Crippen molar-refractivity contribution in [1.29, 1.82) is 5.26 Å². The minimum absolute atomic E-state index is 0.0313. The van der Waals surface area contributed by atoms with E-state index in [2.05, 4.69) is 20.2 Å². The van der Waals surface area contributed by atoms with E-state index in [0.29, 0.717) is 5.69 Å². The summed E-state index contributed by atoms with van der Waals surface area (Å²) >= 11 is 0. The highest BCUT2D eigenvalue weighted by molar-refractivity contribution is 7.92. The van der Waals surface area contributed by atoms with Crippen LogP contribution in [0.15, 0.2) is 53.7 Å². The molecule has 0 atom stereocenters. The first-order valence-electron chi connectivity index (χ1n) is 6.86. The molecule has 0 unspecified atom stereocenters. The highest BCUT2D eigenvalue weighted by Crippen LogP contribution is 2.21. The Hall–Kier alpha value is -3.25. The van der Waals surface area contributed by atoms with Crippen LogP contribution in [0.4, 0.5) is 5.69 Å². The Morgan fingerprint density at radius 3 is 2.71 bits per heavy atom. The van der Waals surface area contributed by atoms with E-state index in [1.165, 1.54) is 29.2 Å². The second kappa shape index (κ2) is 6.10. The van der Waals surface area contributed by atoms with Crippen LogP contribution in [0, 0.1) is 18.3 Å². The standard InChI is InChI=1S/C15H12N6O2S/c1-11-7-13(5-6-15(11)21-10-17-19-20-21)18-24(22,23)14-4-2-3-12(8-14)9-16/h2-8,10,18H,1H3. The topological polar surface area (TPSA) is 114 Å². The Balaban J connectivity index is 1.90. The lowest BCUT2D eigenvalue weighted by molar-refractivity contribution is 0.601. The second-order valence-electron chi connectivity index (χ2n) is 5.00. The third kappa shape index (κ3) is 3.09. The molecule has 0 saturated carbocycles. The highest BCUT2D eigenvalue weighted by atomic mass is 32.2. The van der Waals surface area contributed by atoms with E-state index < -0.39 is 10.0 Å². The van der Waals surface area contributed by atoms with E-state index in [1.807, 2.05) is 13.0 Å². The van der Waals surface area contributed by atoms with Crippen molar-refractivity contribution in [2.75, 3.05) is 4.72 Å². The van der Waals surface area contributed by atoms with Gasteiger partial charge in [-0.25, -0.2) is 13.1 Å². The summed E-state index contributed by atoms with van der Waals surface area (Å²) in [5.74, 6) is 0. The lowest BCUT2D eigenvalue weighted by Gasteiger charge is -2.11. The highest BCUT2D eigenvalue weighted by Gasteiger charge is 2.15. The van der Waals surface area contributed by atoms with Crippen LogP contribution in [-0.4, -0.2) is 28.6 Å².